The number of halogens is 3. The van der Waals surface area contributed by atoms with E-state index in [-0.39, 0.29) is 26.5 Å². The number of benzene rings is 1. The molecule has 10 heteroatoms. The number of rotatable bonds is 7. The SMILES string of the molecule is C.C.CCN1C(=O)CN(C)c2nc(CC3CC(COc4ccc(OC(F)(F)F)cc4)C3)ncc21. The molecule has 4 rings (SSSR count). The molecular formula is C24H33F3N4O3. The van der Waals surface area contributed by atoms with Crippen molar-refractivity contribution in [1.29, 1.82) is 0 Å². The van der Waals surface area contributed by atoms with Crippen molar-refractivity contribution >= 4 is 17.4 Å². The highest BCUT2D eigenvalue weighted by Crippen LogP contribution is 2.37. The third-order valence-electron chi connectivity index (χ3n) is 5.79. The van der Waals surface area contributed by atoms with E-state index in [1.807, 2.05) is 18.9 Å². The molecule has 0 unspecified atom stereocenters. The number of carbonyl (C=O) groups excluding carboxylic acids is 1. The second-order valence-corrected chi connectivity index (χ2v) is 8.23. The minimum Gasteiger partial charge on any atom is -0.493 e. The van der Waals surface area contributed by atoms with E-state index >= 15 is 0 Å². The Morgan fingerprint density at radius 3 is 2.35 bits per heavy atom. The molecule has 1 aliphatic heterocycles. The van der Waals surface area contributed by atoms with Gasteiger partial charge in [0.15, 0.2) is 5.82 Å². The van der Waals surface area contributed by atoms with Crippen molar-refractivity contribution in [2.24, 2.45) is 11.8 Å². The summed E-state index contributed by atoms with van der Waals surface area (Å²) in [5, 5.41) is 0. The van der Waals surface area contributed by atoms with E-state index in [1.165, 1.54) is 24.3 Å². The van der Waals surface area contributed by atoms with Gasteiger partial charge in [-0.15, -0.1) is 13.2 Å². The second kappa shape index (κ2) is 10.9. The van der Waals surface area contributed by atoms with E-state index < -0.39 is 6.36 Å². The van der Waals surface area contributed by atoms with Gasteiger partial charge < -0.3 is 19.3 Å². The molecule has 2 aliphatic rings. The van der Waals surface area contributed by atoms with Gasteiger partial charge in [0.2, 0.25) is 5.91 Å². The number of ether oxygens (including phenoxy) is 2. The average molecular weight is 483 g/mol. The van der Waals surface area contributed by atoms with E-state index in [4.69, 9.17) is 9.72 Å². The predicted octanol–water partition coefficient (Wildman–Crippen LogP) is 5.10. The van der Waals surface area contributed by atoms with E-state index in [1.54, 1.807) is 11.1 Å². The number of alkyl halides is 3. The third kappa shape index (κ3) is 6.30. The monoisotopic (exact) mass is 482 g/mol. The zero-order valence-electron chi connectivity index (χ0n) is 17.9. The highest BCUT2D eigenvalue weighted by molar-refractivity contribution is 6.01. The normalized spacial score (nSPS) is 19.4. The molecule has 0 radical (unpaired) electrons. The molecule has 7 nitrogen and oxygen atoms in total. The summed E-state index contributed by atoms with van der Waals surface area (Å²) in [6.07, 6.45) is -0.245. The second-order valence-electron chi connectivity index (χ2n) is 8.23. The molecule has 0 N–H and O–H groups in total. The van der Waals surface area contributed by atoms with Gasteiger partial charge in [0, 0.05) is 20.0 Å². The first-order valence-corrected chi connectivity index (χ1v) is 10.6. The van der Waals surface area contributed by atoms with E-state index in [0.29, 0.717) is 37.3 Å². The number of amides is 1. The summed E-state index contributed by atoms with van der Waals surface area (Å²) in [6.45, 7) is 3.34. The van der Waals surface area contributed by atoms with Gasteiger partial charge >= 0.3 is 6.36 Å². The van der Waals surface area contributed by atoms with Crippen LogP contribution < -0.4 is 19.3 Å². The number of aromatic nitrogens is 2. The Hall–Kier alpha value is -3.04. The van der Waals surface area contributed by atoms with Crippen LogP contribution in [0.3, 0.4) is 0 Å². The molecule has 1 saturated carbocycles. The molecule has 0 saturated heterocycles. The number of likely N-dealkylation sites (N-methyl/N-ethyl adjacent to an activating group) is 2. The summed E-state index contributed by atoms with van der Waals surface area (Å²) in [4.78, 5) is 24.9. The maximum Gasteiger partial charge on any atom is 0.573 e. The lowest BCUT2D eigenvalue weighted by atomic mass is 9.73. The van der Waals surface area contributed by atoms with Crippen LogP contribution in [-0.4, -0.2) is 49.0 Å². The molecule has 0 bridgehead atoms. The maximum atomic E-state index is 12.2. The van der Waals surface area contributed by atoms with Crippen LogP contribution >= 0.6 is 0 Å². The molecule has 2 aromatic rings. The molecule has 1 fully saturated rings. The molecule has 1 amide bonds. The Kier molecular flexibility index (Phi) is 8.74. The molecule has 0 spiro atoms. The van der Waals surface area contributed by atoms with Crippen molar-refractivity contribution < 1.29 is 27.4 Å². The fourth-order valence-electron chi connectivity index (χ4n) is 4.20. The highest BCUT2D eigenvalue weighted by atomic mass is 19.4. The first-order chi connectivity index (χ1) is 15.2. The Labute approximate surface area is 198 Å². The summed E-state index contributed by atoms with van der Waals surface area (Å²) in [5.41, 5.74) is 0.751. The summed E-state index contributed by atoms with van der Waals surface area (Å²) in [5.74, 6) is 2.69. The molecule has 2 heterocycles. The molecule has 1 aromatic heterocycles. The Bertz CT molecular complexity index is 963. The lowest BCUT2D eigenvalue weighted by Gasteiger charge is -2.36. The lowest BCUT2D eigenvalue weighted by Crippen LogP contribution is -2.45. The van der Waals surface area contributed by atoms with Crippen molar-refractivity contribution in [3.05, 3.63) is 36.3 Å². The summed E-state index contributed by atoms with van der Waals surface area (Å²) >= 11 is 0. The van der Waals surface area contributed by atoms with Crippen LogP contribution in [0.1, 0.15) is 40.4 Å². The minimum absolute atomic E-state index is 0. The predicted molar refractivity (Wildman–Crippen MR) is 125 cm³/mol. The van der Waals surface area contributed by atoms with Crippen molar-refractivity contribution in [1.82, 2.24) is 9.97 Å². The van der Waals surface area contributed by atoms with Gasteiger partial charge in [-0.1, -0.05) is 14.9 Å². The van der Waals surface area contributed by atoms with Crippen molar-refractivity contribution in [2.75, 3.05) is 36.5 Å². The molecule has 34 heavy (non-hydrogen) atoms. The first-order valence-electron chi connectivity index (χ1n) is 10.6. The quantitative estimate of drug-likeness (QED) is 0.547. The Morgan fingerprint density at radius 1 is 1.09 bits per heavy atom. The molecule has 1 aliphatic carbocycles. The fraction of sp³-hybridized carbons (Fsp3) is 0.542. The van der Waals surface area contributed by atoms with Gasteiger partial charge in [0.1, 0.15) is 23.0 Å². The van der Waals surface area contributed by atoms with Gasteiger partial charge in [-0.25, -0.2) is 9.97 Å². The van der Waals surface area contributed by atoms with Crippen LogP contribution in [0.2, 0.25) is 0 Å². The van der Waals surface area contributed by atoms with Gasteiger partial charge in [-0.2, -0.15) is 0 Å². The number of hydrogen-bond acceptors (Lipinski definition) is 6. The smallest absolute Gasteiger partial charge is 0.493 e. The molecule has 0 atom stereocenters. The van der Waals surface area contributed by atoms with Crippen LogP contribution in [0.4, 0.5) is 24.7 Å². The minimum atomic E-state index is -4.70. The highest BCUT2D eigenvalue weighted by Gasteiger charge is 2.33. The number of fused-ring (bicyclic) bond motifs is 1. The van der Waals surface area contributed by atoms with Crippen LogP contribution in [-0.2, 0) is 11.2 Å². The van der Waals surface area contributed by atoms with E-state index in [0.717, 1.165) is 36.6 Å². The topological polar surface area (TPSA) is 67.8 Å². The van der Waals surface area contributed by atoms with Gasteiger partial charge in [0.25, 0.3) is 0 Å². The number of nitrogens with zero attached hydrogens (tertiary/aromatic N) is 4. The zero-order chi connectivity index (χ0) is 22.9. The first kappa shape index (κ1) is 27.2. The molecule has 188 valence electrons. The van der Waals surface area contributed by atoms with Gasteiger partial charge in [-0.05, 0) is 55.9 Å². The third-order valence-corrected chi connectivity index (χ3v) is 5.79. The molecular weight excluding hydrogens is 449 g/mol. The number of hydrogen-bond donors (Lipinski definition) is 0. The zero-order valence-corrected chi connectivity index (χ0v) is 17.9. The Morgan fingerprint density at radius 2 is 1.74 bits per heavy atom. The average Bonchev–Trinajstić information content (AvgIpc) is 2.70. The van der Waals surface area contributed by atoms with Crippen LogP contribution in [0.5, 0.6) is 11.5 Å². The number of carbonyl (C=O) groups is 1. The lowest BCUT2D eigenvalue weighted by molar-refractivity contribution is -0.274. The van der Waals surface area contributed by atoms with E-state index in [2.05, 4.69) is 9.72 Å². The van der Waals surface area contributed by atoms with Crippen molar-refractivity contribution in [3.63, 3.8) is 0 Å². The van der Waals surface area contributed by atoms with Gasteiger partial charge in [-0.3, -0.25) is 4.79 Å². The van der Waals surface area contributed by atoms with Crippen LogP contribution in [0.15, 0.2) is 30.5 Å². The largest absolute Gasteiger partial charge is 0.573 e. The van der Waals surface area contributed by atoms with Crippen LogP contribution in [0.25, 0.3) is 0 Å². The van der Waals surface area contributed by atoms with E-state index in [9.17, 15) is 18.0 Å². The summed E-state index contributed by atoms with van der Waals surface area (Å²) in [6, 6.07) is 5.42. The fourth-order valence-corrected chi connectivity index (χ4v) is 4.20. The molecule has 1 aromatic carbocycles. The van der Waals surface area contributed by atoms with Crippen molar-refractivity contribution in [2.45, 2.75) is 47.4 Å². The summed E-state index contributed by atoms with van der Waals surface area (Å²) < 4.78 is 46.2. The Balaban J connectivity index is 0.00000204. The standard InChI is InChI=1S/C22H25F3N4O3.2CH4/c1-3-29-18-11-26-19(27-21(18)28(2)12-20(29)30)10-14-8-15(9-14)13-31-16-4-6-17(7-5-16)32-22(23,24)25;;/h4-7,11,14-15H,3,8-10,12-13H2,1-2H3;2*1H4. The maximum absolute atomic E-state index is 12.2. The number of anilines is 2. The summed E-state index contributed by atoms with van der Waals surface area (Å²) in [7, 11) is 1.86. The van der Waals surface area contributed by atoms with Crippen molar-refractivity contribution in [3.8, 4) is 11.5 Å². The van der Waals surface area contributed by atoms with Gasteiger partial charge in [0.05, 0.1) is 19.3 Å². The van der Waals surface area contributed by atoms with Crippen LogP contribution in [0, 0.1) is 11.8 Å².